The third-order valence-electron chi connectivity index (χ3n) is 7.81. The van der Waals surface area contributed by atoms with Crippen molar-refractivity contribution in [2.24, 2.45) is 5.84 Å². The van der Waals surface area contributed by atoms with Crippen LogP contribution < -0.4 is 16.1 Å². The van der Waals surface area contributed by atoms with Crippen LogP contribution in [0.1, 0.15) is 18.9 Å². The van der Waals surface area contributed by atoms with Gasteiger partial charge in [-0.1, -0.05) is 37.3 Å². The molecule has 11 nitrogen and oxygen atoms in total. The summed E-state index contributed by atoms with van der Waals surface area (Å²) in [5.74, 6) is 7.08. The van der Waals surface area contributed by atoms with E-state index in [1.54, 1.807) is 24.5 Å². The molecule has 12 heteroatoms. The molecular weight excluding hydrogens is 554 g/mol. The molecule has 6 rings (SSSR count). The number of rotatable bonds is 8. The number of aromatic amines is 1. The summed E-state index contributed by atoms with van der Waals surface area (Å²) in [6, 6.07) is 18.2. The first-order chi connectivity index (χ1) is 20.2. The van der Waals surface area contributed by atoms with Gasteiger partial charge in [-0.05, 0) is 49.4 Å². The summed E-state index contributed by atoms with van der Waals surface area (Å²) >= 11 is 0. The molecule has 1 saturated heterocycles. The Bertz CT molecular complexity index is 1930. The molecule has 1 fully saturated rings. The monoisotopic (exact) mass is 588 g/mol. The van der Waals surface area contributed by atoms with Crippen molar-refractivity contribution in [3.63, 3.8) is 0 Å². The second kappa shape index (κ2) is 11.0. The Kier molecular flexibility index (Phi) is 7.31. The molecule has 1 aliphatic heterocycles. The molecule has 3 heterocycles. The van der Waals surface area contributed by atoms with Crippen LogP contribution >= 0.6 is 0 Å². The summed E-state index contributed by atoms with van der Waals surface area (Å²) in [4.78, 5) is 27.7. The number of hydrogen-bond donors (Lipinski definition) is 2. The second-order valence-electron chi connectivity index (χ2n) is 10.8. The average Bonchev–Trinajstić information content (AvgIpc) is 3.38. The van der Waals surface area contributed by atoms with Gasteiger partial charge >= 0.3 is 10.0 Å². The normalized spacial score (nSPS) is 15.8. The first kappa shape index (κ1) is 28.0. The van der Waals surface area contributed by atoms with E-state index in [9.17, 15) is 13.2 Å². The van der Waals surface area contributed by atoms with Gasteiger partial charge in [0.1, 0.15) is 29.6 Å². The highest BCUT2D eigenvalue weighted by Crippen LogP contribution is 2.33. The van der Waals surface area contributed by atoms with Crippen molar-refractivity contribution >= 4 is 32.0 Å². The van der Waals surface area contributed by atoms with Crippen molar-refractivity contribution in [2.75, 3.05) is 39.8 Å². The van der Waals surface area contributed by atoms with Gasteiger partial charge in [0.25, 0.3) is 5.56 Å². The number of nitrogens with zero attached hydrogens (tertiary/aromatic N) is 5. The summed E-state index contributed by atoms with van der Waals surface area (Å²) in [7, 11) is -2.02. The van der Waals surface area contributed by atoms with E-state index in [4.69, 9.17) is 15.6 Å². The molecule has 1 aliphatic rings. The van der Waals surface area contributed by atoms with Crippen LogP contribution in [0, 0.1) is 0 Å². The van der Waals surface area contributed by atoms with Gasteiger partial charge in [-0.2, -0.15) is 14.3 Å². The summed E-state index contributed by atoms with van der Waals surface area (Å²) in [6.07, 6.45) is 2.50. The lowest BCUT2D eigenvalue weighted by molar-refractivity contribution is -0.823. The fraction of sp³-hybridized carbons (Fsp3) is 0.300. The first-order valence-electron chi connectivity index (χ1n) is 14.0. The van der Waals surface area contributed by atoms with E-state index >= 15 is 0 Å². The zero-order valence-electron chi connectivity index (χ0n) is 23.7. The molecule has 218 valence electrons. The number of piperazine rings is 1. The maximum absolute atomic E-state index is 13.8. The number of quaternary nitrogens is 1. The molecule has 3 aromatic carbocycles. The number of likely N-dealkylation sites (N-methyl/N-ethyl adjacent to an activating group) is 1. The SMILES string of the molecule is CCCOc1ccc(S(=O)(=O)[N+]2(N)CCN(C)CC2)cc1-c1nc2cc3ncn(Cc4ccccc4)c3cc2c(=O)[nH]1. The van der Waals surface area contributed by atoms with Crippen LogP contribution in [0.2, 0.25) is 0 Å². The van der Waals surface area contributed by atoms with Crippen molar-refractivity contribution in [3.05, 3.63) is 82.9 Å². The minimum atomic E-state index is -3.96. The van der Waals surface area contributed by atoms with Gasteiger partial charge in [-0.25, -0.2) is 9.97 Å². The van der Waals surface area contributed by atoms with Crippen LogP contribution in [-0.2, 0) is 16.6 Å². The predicted molar refractivity (Wildman–Crippen MR) is 161 cm³/mol. The Balaban J connectivity index is 1.44. The van der Waals surface area contributed by atoms with Crippen molar-refractivity contribution in [1.29, 1.82) is 0 Å². The Labute approximate surface area is 243 Å². The summed E-state index contributed by atoms with van der Waals surface area (Å²) < 4.78 is 34.9. The number of nitrogens with two attached hydrogens (primary N) is 1. The molecule has 0 radical (unpaired) electrons. The Morgan fingerprint density at radius 1 is 1.05 bits per heavy atom. The molecule has 0 saturated carbocycles. The summed E-state index contributed by atoms with van der Waals surface area (Å²) in [5, 5.41) is 0.407. The number of nitrogens with one attached hydrogen (secondary N) is 1. The fourth-order valence-corrected chi connectivity index (χ4v) is 6.84. The van der Waals surface area contributed by atoms with Crippen LogP contribution in [0.3, 0.4) is 0 Å². The highest BCUT2D eigenvalue weighted by Gasteiger charge is 2.43. The fourth-order valence-electron chi connectivity index (χ4n) is 5.27. The molecule has 0 aliphatic carbocycles. The van der Waals surface area contributed by atoms with Crippen LogP contribution in [0.15, 0.2) is 76.7 Å². The lowest BCUT2D eigenvalue weighted by atomic mass is 10.1. The molecule has 0 spiro atoms. The van der Waals surface area contributed by atoms with E-state index in [2.05, 4.69) is 14.9 Å². The van der Waals surface area contributed by atoms with Gasteiger partial charge in [-0.3, -0.25) is 9.69 Å². The first-order valence-corrected chi connectivity index (χ1v) is 15.4. The molecule has 0 bridgehead atoms. The van der Waals surface area contributed by atoms with Crippen LogP contribution in [0.5, 0.6) is 5.75 Å². The number of aromatic nitrogens is 4. The standard InChI is InChI=1S/C30H33N7O4S/c1-3-15-41-28-10-9-22(42(39,40)37(31)13-11-35(2)12-14-37)16-24(28)29-33-25-18-26-27(17-23(25)30(38)34-29)36(20-32-26)19-21-7-5-4-6-8-21/h4-10,16-18,20H,3,11-15,19,31H2,1-2H3/p+1. The van der Waals surface area contributed by atoms with E-state index < -0.39 is 14.0 Å². The Hall–Kier alpha value is -4.10. The minimum Gasteiger partial charge on any atom is -0.493 e. The number of hydrogen-bond acceptors (Lipinski definition) is 8. The number of imidazole rings is 1. The van der Waals surface area contributed by atoms with Crippen LogP contribution in [0.4, 0.5) is 0 Å². The van der Waals surface area contributed by atoms with Gasteiger partial charge in [0, 0.05) is 6.54 Å². The number of fused-ring (bicyclic) bond motifs is 2. The molecule has 0 amide bonds. The predicted octanol–water partition coefficient (Wildman–Crippen LogP) is 3.10. The van der Waals surface area contributed by atoms with E-state index in [0.717, 1.165) is 17.5 Å². The van der Waals surface area contributed by atoms with E-state index in [-0.39, 0.29) is 29.4 Å². The molecule has 0 unspecified atom stereocenters. The van der Waals surface area contributed by atoms with Crippen molar-refractivity contribution in [2.45, 2.75) is 24.8 Å². The molecule has 5 aromatic rings. The maximum Gasteiger partial charge on any atom is 0.344 e. The summed E-state index contributed by atoms with van der Waals surface area (Å²) in [6.45, 7) is 4.67. The van der Waals surface area contributed by atoms with Crippen LogP contribution in [-0.4, -0.2) is 76.7 Å². The van der Waals surface area contributed by atoms with Crippen LogP contribution in [0.25, 0.3) is 33.3 Å². The van der Waals surface area contributed by atoms with Crippen molar-refractivity contribution < 1.29 is 17.2 Å². The number of ether oxygens (including phenoxy) is 1. The Morgan fingerprint density at radius 2 is 1.81 bits per heavy atom. The van der Waals surface area contributed by atoms with Crippen molar-refractivity contribution in [1.82, 2.24) is 24.4 Å². The number of H-pyrrole nitrogens is 1. The topological polar surface area (TPSA) is 136 Å². The molecule has 0 atom stereocenters. The lowest BCUT2D eigenvalue weighted by Crippen LogP contribution is -2.65. The molecular formula is C30H34N7O4S+. The number of benzene rings is 3. The largest absolute Gasteiger partial charge is 0.493 e. The minimum absolute atomic E-state index is 0.0475. The highest BCUT2D eigenvalue weighted by molar-refractivity contribution is 7.86. The van der Waals surface area contributed by atoms with Gasteiger partial charge in [0.05, 0.1) is 53.5 Å². The quantitative estimate of drug-likeness (QED) is 0.209. The third kappa shape index (κ3) is 5.07. The van der Waals surface area contributed by atoms with E-state index in [0.29, 0.717) is 54.0 Å². The molecule has 42 heavy (non-hydrogen) atoms. The third-order valence-corrected chi connectivity index (χ3v) is 9.98. The molecule has 3 N–H and O–H groups in total. The zero-order valence-corrected chi connectivity index (χ0v) is 24.5. The van der Waals surface area contributed by atoms with E-state index in [1.165, 1.54) is 12.1 Å². The van der Waals surface area contributed by atoms with E-state index in [1.807, 2.05) is 48.9 Å². The smallest absolute Gasteiger partial charge is 0.344 e. The maximum atomic E-state index is 13.8. The van der Waals surface area contributed by atoms with Gasteiger partial charge in [-0.15, -0.1) is 4.00 Å². The number of sulfonamides is 1. The zero-order chi connectivity index (χ0) is 29.5. The summed E-state index contributed by atoms with van der Waals surface area (Å²) in [5.41, 5.74) is 3.11. The van der Waals surface area contributed by atoms with Gasteiger partial charge < -0.3 is 14.3 Å². The second-order valence-corrected chi connectivity index (χ2v) is 13.0. The average molecular weight is 589 g/mol. The Morgan fingerprint density at radius 3 is 2.55 bits per heavy atom. The molecule has 2 aromatic heterocycles. The van der Waals surface area contributed by atoms with Gasteiger partial charge in [0.15, 0.2) is 0 Å². The van der Waals surface area contributed by atoms with Gasteiger partial charge in [0.2, 0.25) is 0 Å². The highest BCUT2D eigenvalue weighted by atomic mass is 32.2. The van der Waals surface area contributed by atoms with Crippen molar-refractivity contribution in [3.8, 4) is 17.1 Å². The lowest BCUT2D eigenvalue weighted by Gasteiger charge is -2.37.